The van der Waals surface area contributed by atoms with Crippen molar-refractivity contribution >= 4 is 16.2 Å². The summed E-state index contributed by atoms with van der Waals surface area (Å²) in [5, 5.41) is -0.469. The van der Waals surface area contributed by atoms with Crippen molar-refractivity contribution in [3.05, 3.63) is 41.0 Å². The van der Waals surface area contributed by atoms with Crippen LogP contribution in [0.1, 0.15) is 5.56 Å². The molecule has 5 heteroatoms. The molecular weight excluding hydrogens is 204 g/mol. The molecule has 0 atom stereocenters. The molecule has 0 aliphatic heterocycles. The van der Waals surface area contributed by atoms with E-state index in [1.54, 1.807) is 30.3 Å². The second kappa shape index (κ2) is 4.26. The molecule has 0 fully saturated rings. The Bertz CT molecular complexity index is 419. The van der Waals surface area contributed by atoms with Crippen molar-refractivity contribution in [2.45, 2.75) is 0 Å². The Balaban J connectivity index is 3.09. The van der Waals surface area contributed by atoms with E-state index in [1.807, 2.05) is 0 Å². The summed E-state index contributed by atoms with van der Waals surface area (Å²) in [6.45, 7) is 0. The molecule has 0 unspecified atom stereocenters. The summed E-state index contributed by atoms with van der Waals surface area (Å²) >= 11 is 0. The second-order valence-electron chi connectivity index (χ2n) is 2.55. The third-order valence-electron chi connectivity index (χ3n) is 1.54. The topological polar surface area (TPSA) is 63.6 Å². The molecule has 1 aromatic carbocycles. The number of rotatable bonds is 3. The molecule has 1 N–H and O–H groups in total. The van der Waals surface area contributed by atoms with Gasteiger partial charge in [0.1, 0.15) is 0 Å². The van der Waals surface area contributed by atoms with E-state index in [4.69, 9.17) is 4.55 Å². The van der Waals surface area contributed by atoms with Gasteiger partial charge in [0, 0.05) is 6.08 Å². The lowest BCUT2D eigenvalue weighted by atomic mass is 10.2. The van der Waals surface area contributed by atoms with E-state index in [0.717, 1.165) is 0 Å². The molecule has 0 aliphatic rings. The predicted molar refractivity (Wildman–Crippen MR) is 53.0 cm³/mol. The highest BCUT2D eigenvalue weighted by Crippen LogP contribution is 2.11. The number of ether oxygens (including phenoxy) is 1. The molecule has 0 bridgehead atoms. The predicted octanol–water partition coefficient (Wildman–Crippen LogP) is 1.52. The number of benzene rings is 1. The van der Waals surface area contributed by atoms with Crippen LogP contribution in [0.15, 0.2) is 35.4 Å². The smallest absolute Gasteiger partial charge is 0.327 e. The molecular formula is C9H10O4S. The number of methoxy groups -OCH3 is 1. The Morgan fingerprint density at radius 3 is 2.36 bits per heavy atom. The monoisotopic (exact) mass is 214 g/mol. The number of hydrogen-bond donors (Lipinski definition) is 1. The average molecular weight is 214 g/mol. The van der Waals surface area contributed by atoms with Gasteiger partial charge in [-0.3, -0.25) is 4.55 Å². The minimum Gasteiger partial charge on any atom is -0.485 e. The maximum atomic E-state index is 10.7. The Morgan fingerprint density at radius 2 is 1.93 bits per heavy atom. The van der Waals surface area contributed by atoms with Crippen LogP contribution < -0.4 is 0 Å². The summed E-state index contributed by atoms with van der Waals surface area (Å²) in [6, 6.07) is 8.71. The van der Waals surface area contributed by atoms with Crippen molar-refractivity contribution in [3.8, 4) is 0 Å². The lowest BCUT2D eigenvalue weighted by molar-refractivity contribution is 0.310. The van der Waals surface area contributed by atoms with E-state index in [9.17, 15) is 8.42 Å². The van der Waals surface area contributed by atoms with Crippen LogP contribution in [0.5, 0.6) is 0 Å². The maximum absolute atomic E-state index is 10.7. The van der Waals surface area contributed by atoms with Crippen molar-refractivity contribution in [2.75, 3.05) is 7.11 Å². The standard InChI is InChI=1S/C9H10O4S/c1-13-9(14(10,11)12)7-8-5-3-2-4-6-8/h2-7H,1H3,(H,10,11,12). The Labute approximate surface area is 82.6 Å². The molecule has 4 nitrogen and oxygen atoms in total. The fourth-order valence-electron chi connectivity index (χ4n) is 0.924. The highest BCUT2D eigenvalue weighted by molar-refractivity contribution is 7.89. The SMILES string of the molecule is COC(=Cc1ccccc1)S(=O)(=O)O. The van der Waals surface area contributed by atoms with Gasteiger partial charge in [0.15, 0.2) is 0 Å². The molecule has 0 amide bonds. The second-order valence-corrected chi connectivity index (χ2v) is 3.91. The van der Waals surface area contributed by atoms with Gasteiger partial charge >= 0.3 is 10.1 Å². The summed E-state index contributed by atoms with van der Waals surface area (Å²) in [5.41, 5.74) is 0.641. The van der Waals surface area contributed by atoms with Crippen molar-refractivity contribution < 1.29 is 17.7 Å². The molecule has 14 heavy (non-hydrogen) atoms. The summed E-state index contributed by atoms with van der Waals surface area (Å²) < 4.78 is 34.7. The number of hydrogen-bond acceptors (Lipinski definition) is 3. The van der Waals surface area contributed by atoms with Crippen molar-refractivity contribution in [3.63, 3.8) is 0 Å². The molecule has 76 valence electrons. The van der Waals surface area contributed by atoms with Gasteiger partial charge in [0.2, 0.25) is 5.09 Å². The van der Waals surface area contributed by atoms with Gasteiger partial charge in [-0.25, -0.2) is 0 Å². The minimum absolute atomic E-state index is 0.469. The summed E-state index contributed by atoms with van der Waals surface area (Å²) in [7, 11) is -3.09. The first-order valence-corrected chi connectivity index (χ1v) is 5.26. The normalized spacial score (nSPS) is 12.6. The third kappa shape index (κ3) is 2.86. The van der Waals surface area contributed by atoms with Crippen LogP contribution in [0.25, 0.3) is 6.08 Å². The molecule has 0 radical (unpaired) electrons. The first-order valence-electron chi connectivity index (χ1n) is 3.82. The van der Waals surface area contributed by atoms with Gasteiger partial charge in [-0.15, -0.1) is 0 Å². The fraction of sp³-hybridized carbons (Fsp3) is 0.111. The maximum Gasteiger partial charge on any atom is 0.327 e. The molecule has 0 saturated heterocycles. The van der Waals surface area contributed by atoms with Crippen LogP contribution in [0, 0.1) is 0 Å². The Kier molecular flexibility index (Phi) is 3.27. The van der Waals surface area contributed by atoms with Crippen molar-refractivity contribution in [1.82, 2.24) is 0 Å². The first kappa shape index (κ1) is 10.7. The lowest BCUT2D eigenvalue weighted by Crippen LogP contribution is -2.03. The Hall–Kier alpha value is -1.33. The first-order chi connectivity index (χ1) is 6.54. The van der Waals surface area contributed by atoms with E-state index >= 15 is 0 Å². The van der Waals surface area contributed by atoms with E-state index < -0.39 is 15.2 Å². The van der Waals surface area contributed by atoms with Crippen molar-refractivity contribution in [1.29, 1.82) is 0 Å². The van der Waals surface area contributed by atoms with Crippen LogP contribution in [-0.2, 0) is 14.9 Å². The zero-order chi connectivity index (χ0) is 10.6. The van der Waals surface area contributed by atoms with Gasteiger partial charge in [0.05, 0.1) is 7.11 Å². The third-order valence-corrected chi connectivity index (χ3v) is 2.33. The van der Waals surface area contributed by atoms with Crippen LogP contribution in [0.2, 0.25) is 0 Å². The van der Waals surface area contributed by atoms with Gasteiger partial charge in [-0.05, 0) is 5.56 Å². The summed E-state index contributed by atoms with van der Waals surface area (Å²) in [4.78, 5) is 0. The molecule has 0 saturated carbocycles. The van der Waals surface area contributed by atoms with Crippen molar-refractivity contribution in [2.24, 2.45) is 0 Å². The highest BCUT2D eigenvalue weighted by atomic mass is 32.2. The lowest BCUT2D eigenvalue weighted by Gasteiger charge is -2.01. The van der Waals surface area contributed by atoms with Crippen LogP contribution in [0.4, 0.5) is 0 Å². The summed E-state index contributed by atoms with van der Waals surface area (Å²) in [6.07, 6.45) is 1.25. The fourth-order valence-corrected chi connectivity index (χ4v) is 1.42. The molecule has 0 spiro atoms. The highest BCUT2D eigenvalue weighted by Gasteiger charge is 2.13. The van der Waals surface area contributed by atoms with Gasteiger partial charge in [-0.1, -0.05) is 30.3 Å². The van der Waals surface area contributed by atoms with Crippen LogP contribution in [-0.4, -0.2) is 20.1 Å². The van der Waals surface area contributed by atoms with Crippen LogP contribution >= 0.6 is 0 Å². The zero-order valence-corrected chi connectivity index (χ0v) is 8.36. The van der Waals surface area contributed by atoms with E-state index in [-0.39, 0.29) is 0 Å². The van der Waals surface area contributed by atoms with Crippen LogP contribution in [0.3, 0.4) is 0 Å². The van der Waals surface area contributed by atoms with Gasteiger partial charge in [-0.2, -0.15) is 8.42 Å². The van der Waals surface area contributed by atoms with E-state index in [0.29, 0.717) is 5.56 Å². The molecule has 0 heterocycles. The largest absolute Gasteiger partial charge is 0.485 e. The minimum atomic E-state index is -4.27. The van der Waals surface area contributed by atoms with E-state index in [1.165, 1.54) is 13.2 Å². The molecule has 1 aromatic rings. The average Bonchev–Trinajstić information content (AvgIpc) is 2.14. The molecule has 1 rings (SSSR count). The zero-order valence-electron chi connectivity index (χ0n) is 7.54. The van der Waals surface area contributed by atoms with Gasteiger partial charge in [0.25, 0.3) is 0 Å². The quantitative estimate of drug-likeness (QED) is 0.612. The van der Waals surface area contributed by atoms with Gasteiger partial charge < -0.3 is 4.74 Å². The molecule has 0 aromatic heterocycles. The molecule has 0 aliphatic carbocycles. The van der Waals surface area contributed by atoms with E-state index in [2.05, 4.69) is 4.74 Å². The summed E-state index contributed by atoms with van der Waals surface area (Å²) in [5.74, 6) is 0. The Morgan fingerprint density at radius 1 is 1.36 bits per heavy atom.